The molecule has 0 saturated heterocycles. The molecule has 0 radical (unpaired) electrons. The lowest BCUT2D eigenvalue weighted by Gasteiger charge is -2.33. The predicted octanol–water partition coefficient (Wildman–Crippen LogP) is 3.99. The molecule has 2 rings (SSSR count). The summed E-state index contributed by atoms with van der Waals surface area (Å²) < 4.78 is 0. The van der Waals surface area contributed by atoms with Crippen LogP contribution in [0, 0.1) is 12.3 Å². The van der Waals surface area contributed by atoms with Gasteiger partial charge in [-0.2, -0.15) is 0 Å². The number of hydrogen-bond donors (Lipinski definition) is 0. The second kappa shape index (κ2) is 8.75. The van der Waals surface area contributed by atoms with Crippen LogP contribution in [-0.4, -0.2) is 22.1 Å². The van der Waals surface area contributed by atoms with E-state index >= 15 is 0 Å². The van der Waals surface area contributed by atoms with E-state index in [9.17, 15) is 4.79 Å². The summed E-state index contributed by atoms with van der Waals surface area (Å²) in [4.78, 5) is 14.5. The van der Waals surface area contributed by atoms with Crippen LogP contribution in [0.3, 0.4) is 0 Å². The number of aromatic nitrogens is 2. The Hall–Kier alpha value is -1.60. The van der Waals surface area contributed by atoms with Gasteiger partial charge < -0.3 is 0 Å². The van der Waals surface area contributed by atoms with Gasteiger partial charge in [-0.15, -0.1) is 22.5 Å². The van der Waals surface area contributed by atoms with Crippen molar-refractivity contribution in [2.45, 2.75) is 63.8 Å². The van der Waals surface area contributed by atoms with Gasteiger partial charge in [0.25, 0.3) is 0 Å². The fourth-order valence-corrected chi connectivity index (χ4v) is 3.02. The van der Waals surface area contributed by atoms with Crippen molar-refractivity contribution < 1.29 is 4.79 Å². The maximum Gasteiger partial charge on any atom is 0.228 e. The van der Waals surface area contributed by atoms with Crippen LogP contribution in [0.1, 0.15) is 57.8 Å². The molecule has 1 aliphatic carbocycles. The van der Waals surface area contributed by atoms with E-state index in [4.69, 9.17) is 18.0 Å². The fourth-order valence-electron chi connectivity index (χ4n) is 2.92. The molecule has 0 aliphatic heterocycles. The summed E-state index contributed by atoms with van der Waals surface area (Å²) >= 11 is 5.80. The molecule has 0 aromatic carbocycles. The van der Waals surface area contributed by atoms with E-state index in [1.807, 2.05) is 4.90 Å². The summed E-state index contributed by atoms with van der Waals surface area (Å²) in [6.45, 7) is 0. The van der Waals surface area contributed by atoms with Crippen LogP contribution in [0.4, 0.5) is 5.82 Å². The molecule has 118 valence electrons. The fraction of sp³-hybridized carbons (Fsp3) is 0.588. The molecule has 5 heteroatoms. The molecule has 1 aromatic heterocycles. The summed E-state index contributed by atoms with van der Waals surface area (Å²) in [6.07, 6.45) is 13.8. The second-order valence-corrected chi connectivity index (χ2v) is 6.07. The number of unbranched alkanes of at least 4 members (excludes halogenated alkanes) is 2. The largest absolute Gasteiger partial charge is 0.292 e. The topological polar surface area (TPSA) is 46.1 Å². The first-order valence-electron chi connectivity index (χ1n) is 7.97. The maximum atomic E-state index is 12.7. The Kier molecular flexibility index (Phi) is 6.67. The zero-order chi connectivity index (χ0) is 15.8. The molecule has 1 saturated carbocycles. The number of amides is 1. The van der Waals surface area contributed by atoms with E-state index < -0.39 is 0 Å². The second-order valence-electron chi connectivity index (χ2n) is 5.68. The minimum atomic E-state index is 0.112. The van der Waals surface area contributed by atoms with Gasteiger partial charge in [-0.3, -0.25) is 9.69 Å². The molecule has 0 bridgehead atoms. The number of anilines is 1. The van der Waals surface area contributed by atoms with Gasteiger partial charge in [0.2, 0.25) is 5.91 Å². The predicted molar refractivity (Wildman–Crippen MR) is 88.7 cm³/mol. The van der Waals surface area contributed by atoms with E-state index in [1.165, 1.54) is 6.42 Å². The summed E-state index contributed by atoms with van der Waals surface area (Å²) in [5.74, 6) is 3.33. The number of carbonyl (C=O) groups excluding carboxylic acids is 1. The van der Waals surface area contributed by atoms with Crippen molar-refractivity contribution >= 4 is 23.3 Å². The molecular formula is C17H22ClN3O. The van der Waals surface area contributed by atoms with E-state index in [0.717, 1.165) is 44.9 Å². The van der Waals surface area contributed by atoms with Crippen LogP contribution in [0.2, 0.25) is 5.15 Å². The summed E-state index contributed by atoms with van der Waals surface area (Å²) in [5, 5.41) is 8.33. The Labute approximate surface area is 137 Å². The van der Waals surface area contributed by atoms with Crippen LogP contribution in [0.25, 0.3) is 0 Å². The zero-order valence-electron chi connectivity index (χ0n) is 12.8. The number of rotatable bonds is 6. The first-order chi connectivity index (χ1) is 10.7. The Bertz CT molecular complexity index is 518. The summed E-state index contributed by atoms with van der Waals surface area (Å²) in [5.41, 5.74) is 0. The third kappa shape index (κ3) is 4.71. The molecule has 1 heterocycles. The highest BCUT2D eigenvalue weighted by atomic mass is 35.5. The van der Waals surface area contributed by atoms with E-state index in [0.29, 0.717) is 17.4 Å². The van der Waals surface area contributed by atoms with Crippen LogP contribution in [0.15, 0.2) is 12.1 Å². The molecule has 4 nitrogen and oxygen atoms in total. The number of nitrogens with zero attached hydrogens (tertiary/aromatic N) is 3. The maximum absolute atomic E-state index is 12.7. The van der Waals surface area contributed by atoms with Gasteiger partial charge in [0.1, 0.15) is 0 Å². The third-order valence-corrected chi connectivity index (χ3v) is 4.24. The third-order valence-electron chi connectivity index (χ3n) is 4.04. The van der Waals surface area contributed by atoms with Gasteiger partial charge in [0.15, 0.2) is 11.0 Å². The molecule has 22 heavy (non-hydrogen) atoms. The molecule has 1 aliphatic rings. The van der Waals surface area contributed by atoms with Crippen LogP contribution in [-0.2, 0) is 4.79 Å². The number of hydrogen-bond acceptors (Lipinski definition) is 3. The van der Waals surface area contributed by atoms with Gasteiger partial charge in [-0.05, 0) is 37.8 Å². The van der Waals surface area contributed by atoms with Crippen molar-refractivity contribution in [3.05, 3.63) is 17.3 Å². The number of terminal acetylenes is 1. The molecule has 0 N–H and O–H groups in total. The van der Waals surface area contributed by atoms with Crippen molar-refractivity contribution in [3.8, 4) is 12.3 Å². The highest BCUT2D eigenvalue weighted by Gasteiger charge is 2.27. The average molecular weight is 320 g/mol. The van der Waals surface area contributed by atoms with Crippen molar-refractivity contribution in [1.82, 2.24) is 10.2 Å². The SMILES string of the molecule is C#CCCCCC(=O)N(c1ccc(Cl)nn1)C1CCCCC1. The van der Waals surface area contributed by atoms with Crippen molar-refractivity contribution in [3.63, 3.8) is 0 Å². The normalized spacial score (nSPS) is 15.3. The Balaban J connectivity index is 2.08. The standard InChI is InChI=1S/C17H22ClN3O/c1-2-3-4-8-11-17(22)21(14-9-6-5-7-10-14)16-13-12-15(18)19-20-16/h1,12-14H,3-11H2. The van der Waals surface area contributed by atoms with E-state index in [1.54, 1.807) is 12.1 Å². The van der Waals surface area contributed by atoms with Crippen molar-refractivity contribution in [2.24, 2.45) is 0 Å². The highest BCUT2D eigenvalue weighted by molar-refractivity contribution is 6.29. The monoisotopic (exact) mass is 319 g/mol. The highest BCUT2D eigenvalue weighted by Crippen LogP contribution is 2.27. The van der Waals surface area contributed by atoms with Gasteiger partial charge >= 0.3 is 0 Å². The lowest BCUT2D eigenvalue weighted by Crippen LogP contribution is -2.42. The van der Waals surface area contributed by atoms with Crippen LogP contribution < -0.4 is 4.90 Å². The van der Waals surface area contributed by atoms with Gasteiger partial charge in [0, 0.05) is 18.9 Å². The Morgan fingerprint density at radius 2 is 2.05 bits per heavy atom. The number of halogens is 1. The van der Waals surface area contributed by atoms with Gasteiger partial charge in [-0.25, -0.2) is 0 Å². The van der Waals surface area contributed by atoms with Crippen LogP contribution in [0.5, 0.6) is 0 Å². The lowest BCUT2D eigenvalue weighted by molar-refractivity contribution is -0.119. The van der Waals surface area contributed by atoms with Gasteiger partial charge in [0.05, 0.1) is 0 Å². The summed E-state index contributed by atoms with van der Waals surface area (Å²) in [7, 11) is 0. The van der Waals surface area contributed by atoms with E-state index in [-0.39, 0.29) is 11.9 Å². The molecular weight excluding hydrogens is 298 g/mol. The van der Waals surface area contributed by atoms with E-state index in [2.05, 4.69) is 16.1 Å². The minimum absolute atomic E-state index is 0.112. The first-order valence-corrected chi connectivity index (χ1v) is 8.35. The van der Waals surface area contributed by atoms with Crippen molar-refractivity contribution in [1.29, 1.82) is 0 Å². The molecule has 1 aromatic rings. The molecule has 1 fully saturated rings. The quantitative estimate of drug-likeness (QED) is 0.588. The van der Waals surface area contributed by atoms with Crippen LogP contribution >= 0.6 is 11.6 Å². The smallest absolute Gasteiger partial charge is 0.228 e. The van der Waals surface area contributed by atoms with Gasteiger partial charge in [-0.1, -0.05) is 30.9 Å². The first kappa shape index (κ1) is 16.8. The lowest BCUT2D eigenvalue weighted by atomic mass is 9.93. The number of carbonyl (C=O) groups is 1. The molecule has 1 amide bonds. The molecule has 0 unspecified atom stereocenters. The molecule has 0 spiro atoms. The molecule has 0 atom stereocenters. The Morgan fingerprint density at radius 3 is 2.68 bits per heavy atom. The van der Waals surface area contributed by atoms with Crippen molar-refractivity contribution in [2.75, 3.05) is 4.90 Å². The minimum Gasteiger partial charge on any atom is -0.292 e. The summed E-state index contributed by atoms with van der Waals surface area (Å²) in [6, 6.07) is 3.69. The average Bonchev–Trinajstić information content (AvgIpc) is 2.55. The zero-order valence-corrected chi connectivity index (χ0v) is 13.6. The Morgan fingerprint density at radius 1 is 1.27 bits per heavy atom.